The third-order valence-corrected chi connectivity index (χ3v) is 4.38. The van der Waals surface area contributed by atoms with Crippen LogP contribution in [-0.2, 0) is 4.74 Å². The molecule has 10 nitrogen and oxygen atoms in total. The van der Waals surface area contributed by atoms with E-state index in [0.717, 1.165) is 18.6 Å². The fourth-order valence-corrected chi connectivity index (χ4v) is 3.04. The van der Waals surface area contributed by atoms with Crippen LogP contribution in [0.15, 0.2) is 35.6 Å². The number of rotatable bonds is 6. The lowest BCUT2D eigenvalue weighted by Crippen LogP contribution is -2.35. The Morgan fingerprint density at radius 3 is 2.62 bits per heavy atom. The van der Waals surface area contributed by atoms with Gasteiger partial charge in [0.2, 0.25) is 0 Å². The Labute approximate surface area is 149 Å². The Bertz CT molecular complexity index is 727. The molecule has 1 aromatic carbocycles. The summed E-state index contributed by atoms with van der Waals surface area (Å²) in [5, 5.41) is 24.5. The molecule has 2 aliphatic rings. The van der Waals surface area contributed by atoms with Crippen LogP contribution in [0.2, 0.25) is 0 Å². The number of hydrogen-bond acceptors (Lipinski definition) is 5. The van der Waals surface area contributed by atoms with E-state index in [-0.39, 0.29) is 5.69 Å². The molecule has 10 heteroatoms. The van der Waals surface area contributed by atoms with Crippen molar-refractivity contribution < 1.29 is 14.7 Å². The molecule has 2 saturated heterocycles. The van der Waals surface area contributed by atoms with Crippen molar-refractivity contribution >= 4 is 17.7 Å². The molecule has 0 saturated carbocycles. The van der Waals surface area contributed by atoms with Gasteiger partial charge in [-0.15, -0.1) is 0 Å². The predicted molar refractivity (Wildman–Crippen MR) is 93.8 cm³/mol. The highest BCUT2D eigenvalue weighted by molar-refractivity contribution is 5.83. The summed E-state index contributed by atoms with van der Waals surface area (Å²) in [5.41, 5.74) is 0.780. The monoisotopic (exact) mass is 361 g/mol. The Morgan fingerprint density at radius 1 is 1.23 bits per heavy atom. The normalized spacial score (nSPS) is 21.8. The number of benzene rings is 1. The Morgan fingerprint density at radius 2 is 2.00 bits per heavy atom. The molecule has 1 unspecified atom stereocenters. The largest absolute Gasteiger partial charge is 0.381 e. The Hall–Kier alpha value is -3.01. The van der Waals surface area contributed by atoms with E-state index in [2.05, 4.69) is 5.10 Å². The highest BCUT2D eigenvalue weighted by Gasteiger charge is 2.31. The average Bonchev–Trinajstić information content (AvgIpc) is 3.24. The van der Waals surface area contributed by atoms with E-state index in [9.17, 15) is 20.2 Å². The zero-order valence-corrected chi connectivity index (χ0v) is 14.1. The van der Waals surface area contributed by atoms with Crippen molar-refractivity contribution in [2.75, 3.05) is 32.8 Å². The van der Waals surface area contributed by atoms with Crippen LogP contribution in [0.4, 0.5) is 5.69 Å². The Balaban J connectivity index is 1.71. The van der Waals surface area contributed by atoms with Crippen molar-refractivity contribution in [2.24, 2.45) is 11.0 Å². The molecular formula is C16H19N5O5. The van der Waals surface area contributed by atoms with E-state index in [4.69, 9.17) is 4.74 Å². The van der Waals surface area contributed by atoms with Crippen LogP contribution >= 0.6 is 0 Å². The van der Waals surface area contributed by atoms with Crippen molar-refractivity contribution in [2.45, 2.75) is 6.42 Å². The van der Waals surface area contributed by atoms with E-state index in [1.54, 1.807) is 29.3 Å². The van der Waals surface area contributed by atoms with Gasteiger partial charge in [0, 0.05) is 50.5 Å². The van der Waals surface area contributed by atoms with Gasteiger partial charge in [-0.05, 0) is 30.2 Å². The molecule has 0 N–H and O–H groups in total. The van der Waals surface area contributed by atoms with Gasteiger partial charge < -0.3 is 14.5 Å². The van der Waals surface area contributed by atoms with E-state index >= 15 is 0 Å². The summed E-state index contributed by atoms with van der Waals surface area (Å²) >= 11 is 0. The van der Waals surface area contributed by atoms with Crippen molar-refractivity contribution in [1.29, 1.82) is 0 Å². The van der Waals surface area contributed by atoms with Crippen LogP contribution in [0.5, 0.6) is 0 Å². The molecule has 26 heavy (non-hydrogen) atoms. The van der Waals surface area contributed by atoms with E-state index < -0.39 is 9.96 Å². The van der Waals surface area contributed by atoms with Crippen LogP contribution in [0.3, 0.4) is 0 Å². The second-order valence-electron chi connectivity index (χ2n) is 6.17. The molecule has 3 rings (SSSR count). The third kappa shape index (κ3) is 4.33. The summed E-state index contributed by atoms with van der Waals surface area (Å²) in [4.78, 5) is 24.8. The predicted octanol–water partition coefficient (Wildman–Crippen LogP) is 1.77. The zero-order chi connectivity index (χ0) is 18.5. The Kier molecular flexibility index (Phi) is 5.42. The summed E-state index contributed by atoms with van der Waals surface area (Å²) in [6.45, 7) is 3.30. The SMILES string of the molecule is O=[N+]([O-])N=C1N(C=Cc2ccc([N+](=O)[O-])cc2)CCN1CC1CCOC1. The lowest BCUT2D eigenvalue weighted by Gasteiger charge is -2.21. The topological polar surface area (TPSA) is 114 Å². The quantitative estimate of drug-likeness (QED) is 0.560. The number of ether oxygens (including phenoxy) is 1. The number of nitro groups is 2. The summed E-state index contributed by atoms with van der Waals surface area (Å²) in [6, 6.07) is 6.09. The zero-order valence-electron chi connectivity index (χ0n) is 14.1. The summed E-state index contributed by atoms with van der Waals surface area (Å²) < 4.78 is 5.37. The fourth-order valence-electron chi connectivity index (χ4n) is 3.04. The molecule has 2 heterocycles. The van der Waals surface area contributed by atoms with Gasteiger partial charge in [-0.2, -0.15) is 0 Å². The number of nitro benzene ring substituents is 1. The molecule has 1 atom stereocenters. The van der Waals surface area contributed by atoms with E-state index in [0.29, 0.717) is 38.1 Å². The van der Waals surface area contributed by atoms with Crippen LogP contribution in [0.1, 0.15) is 12.0 Å². The minimum absolute atomic E-state index is 0.0175. The maximum Gasteiger partial charge on any atom is 0.278 e. The molecule has 0 amide bonds. The second kappa shape index (κ2) is 7.91. The smallest absolute Gasteiger partial charge is 0.278 e. The maximum absolute atomic E-state index is 10.9. The molecule has 0 aliphatic carbocycles. The first-order valence-corrected chi connectivity index (χ1v) is 8.28. The number of hydrazone groups is 1. The van der Waals surface area contributed by atoms with E-state index in [1.807, 2.05) is 4.90 Å². The van der Waals surface area contributed by atoms with Gasteiger partial charge >= 0.3 is 0 Å². The second-order valence-corrected chi connectivity index (χ2v) is 6.17. The van der Waals surface area contributed by atoms with Gasteiger partial charge in [0.1, 0.15) is 5.10 Å². The van der Waals surface area contributed by atoms with Crippen LogP contribution < -0.4 is 0 Å². The highest BCUT2D eigenvalue weighted by atomic mass is 16.7. The van der Waals surface area contributed by atoms with Gasteiger partial charge in [0.15, 0.2) is 5.03 Å². The van der Waals surface area contributed by atoms with Gasteiger partial charge in [-0.25, -0.2) is 10.1 Å². The molecular weight excluding hydrogens is 342 g/mol. The molecule has 0 radical (unpaired) electrons. The summed E-state index contributed by atoms with van der Waals surface area (Å²) in [7, 11) is 0. The van der Waals surface area contributed by atoms with Crippen LogP contribution in [-0.4, -0.2) is 58.6 Å². The molecule has 0 aromatic heterocycles. The first-order chi connectivity index (χ1) is 12.5. The molecule has 0 spiro atoms. The molecule has 138 valence electrons. The van der Waals surface area contributed by atoms with Crippen molar-refractivity contribution in [3.63, 3.8) is 0 Å². The molecule has 1 aromatic rings. The number of non-ortho nitro benzene ring substituents is 1. The van der Waals surface area contributed by atoms with Gasteiger partial charge in [-0.3, -0.25) is 10.1 Å². The van der Waals surface area contributed by atoms with Crippen LogP contribution in [0, 0.1) is 26.1 Å². The van der Waals surface area contributed by atoms with Crippen molar-refractivity contribution in [3.05, 3.63) is 56.3 Å². The summed E-state index contributed by atoms with van der Waals surface area (Å²) in [6.07, 6.45) is 4.41. The van der Waals surface area contributed by atoms with Gasteiger partial charge in [0.25, 0.3) is 11.6 Å². The average molecular weight is 361 g/mol. The van der Waals surface area contributed by atoms with Crippen molar-refractivity contribution in [3.8, 4) is 0 Å². The first-order valence-electron chi connectivity index (χ1n) is 8.28. The van der Waals surface area contributed by atoms with Crippen molar-refractivity contribution in [1.82, 2.24) is 9.80 Å². The first kappa shape index (κ1) is 17.8. The molecule has 2 aliphatic heterocycles. The molecule has 0 bridgehead atoms. The fraction of sp³-hybridized carbons (Fsp3) is 0.438. The van der Waals surface area contributed by atoms with Gasteiger partial charge in [0.05, 0.1) is 11.5 Å². The number of guanidine groups is 1. The maximum atomic E-state index is 10.9. The number of hydrogen-bond donors (Lipinski definition) is 0. The highest BCUT2D eigenvalue weighted by Crippen LogP contribution is 2.19. The summed E-state index contributed by atoms with van der Waals surface area (Å²) in [5.74, 6) is 0.658. The molecule has 2 fully saturated rings. The van der Waals surface area contributed by atoms with Crippen LogP contribution in [0.25, 0.3) is 6.08 Å². The standard InChI is InChI=1S/C16H19N5O5/c22-20(23)15-3-1-13(2-4-15)5-7-18-8-9-19(16(18)17-21(24)25)11-14-6-10-26-12-14/h1-5,7,14H,6,8-12H2. The minimum atomic E-state index is -0.689. The lowest BCUT2D eigenvalue weighted by molar-refractivity contribution is -0.486. The number of nitrogens with zero attached hydrogens (tertiary/aromatic N) is 5. The minimum Gasteiger partial charge on any atom is -0.381 e. The van der Waals surface area contributed by atoms with Gasteiger partial charge in [-0.1, -0.05) is 0 Å². The lowest BCUT2D eigenvalue weighted by atomic mass is 10.1. The van der Waals surface area contributed by atoms with E-state index in [1.165, 1.54) is 12.1 Å². The third-order valence-electron chi connectivity index (χ3n) is 4.38.